The van der Waals surface area contributed by atoms with E-state index < -0.39 is 176 Å². The monoisotopic (exact) mass is 1270 g/mol. The second-order valence-corrected chi connectivity index (χ2v) is 19.6. The molecule has 486 valence electrons. The molecule has 0 bridgehead atoms. The number of nitrogens with two attached hydrogens (primary N) is 6. The molecule has 27 N–H and O–H groups in total. The topological polar surface area (TPSA) is 616 Å². The summed E-state index contributed by atoms with van der Waals surface area (Å²) < 4.78 is 0. The maximum Gasteiger partial charge on any atom is 0.326 e. The molecule has 0 aliphatic heterocycles. The second-order valence-electron chi connectivity index (χ2n) is 18.9. The average molecular weight is 1270 g/mol. The van der Waals surface area contributed by atoms with E-state index in [-0.39, 0.29) is 82.3 Å². The maximum absolute atomic E-state index is 13.6. The molecule has 1 rings (SSSR count). The van der Waals surface area contributed by atoms with Crippen molar-refractivity contribution in [2.75, 3.05) is 64.0 Å². The molecule has 0 saturated carbocycles. The lowest BCUT2D eigenvalue weighted by atomic mass is 10.0. The minimum atomic E-state index is -1.85. The molecule has 0 aromatic heterocycles. The van der Waals surface area contributed by atoms with E-state index in [0.717, 1.165) is 0 Å². The summed E-state index contributed by atoms with van der Waals surface area (Å²) in [6.45, 7) is -4.07. The van der Waals surface area contributed by atoms with Crippen LogP contribution in [0.1, 0.15) is 56.9 Å². The van der Waals surface area contributed by atoms with E-state index >= 15 is 0 Å². The Bertz CT molecular complexity index is 2550. The number of rotatable bonds is 43. The van der Waals surface area contributed by atoms with Gasteiger partial charge in [0.15, 0.2) is 11.9 Å². The molecule has 0 radical (unpaired) electrons. The first-order chi connectivity index (χ1) is 41.2. The molecule has 0 heterocycles. The van der Waals surface area contributed by atoms with Crippen molar-refractivity contribution in [2.24, 2.45) is 44.4 Å². The van der Waals surface area contributed by atoms with Crippen LogP contribution in [-0.2, 0) is 68.7 Å². The van der Waals surface area contributed by atoms with Crippen LogP contribution in [-0.4, -0.2) is 228 Å². The molecule has 0 aliphatic carbocycles. The van der Waals surface area contributed by atoms with E-state index in [1.807, 2.05) is 0 Å². The molecule has 38 heteroatoms. The fourth-order valence-corrected chi connectivity index (χ4v) is 7.99. The summed E-state index contributed by atoms with van der Waals surface area (Å²) in [7, 11) is 0. The zero-order chi connectivity index (χ0) is 65.6. The first-order valence-electron chi connectivity index (χ1n) is 26.9. The molecule has 0 unspecified atom stereocenters. The Kier molecular flexibility index (Phi) is 37.1. The molecular weight excluding hydrogens is 1190 g/mol. The van der Waals surface area contributed by atoms with Gasteiger partial charge in [0.05, 0.1) is 39.3 Å². The first kappa shape index (κ1) is 76.4. The Labute approximate surface area is 510 Å². The number of carboxylic acid groups (broad SMARTS) is 2. The third-order valence-electron chi connectivity index (χ3n) is 12.0. The van der Waals surface area contributed by atoms with E-state index in [0.29, 0.717) is 12.0 Å². The van der Waals surface area contributed by atoms with Crippen molar-refractivity contribution in [3.63, 3.8) is 0 Å². The summed E-state index contributed by atoms with van der Waals surface area (Å²) in [5.41, 5.74) is 32.8. The molecule has 87 heavy (non-hydrogen) atoms. The van der Waals surface area contributed by atoms with Crippen LogP contribution in [0.3, 0.4) is 0 Å². The number of thiol groups is 2. The van der Waals surface area contributed by atoms with Crippen LogP contribution in [0.5, 0.6) is 0 Å². The number of nitrogens with one attached hydrogen (secondary N) is 11. The van der Waals surface area contributed by atoms with Crippen LogP contribution in [0.25, 0.3) is 0 Å². The number of unbranched alkanes of at least 4 members (excludes halogenated alkanes) is 1. The van der Waals surface area contributed by atoms with Gasteiger partial charge < -0.3 is 113 Å². The van der Waals surface area contributed by atoms with E-state index in [9.17, 15) is 82.8 Å². The molecule has 9 atom stereocenters. The van der Waals surface area contributed by atoms with E-state index in [1.165, 1.54) is 0 Å². The van der Waals surface area contributed by atoms with Gasteiger partial charge in [0, 0.05) is 31.0 Å². The van der Waals surface area contributed by atoms with E-state index in [1.54, 1.807) is 30.3 Å². The SMILES string of the molecule is NCCCC[C@H](NC(=O)[C@H](CO)NC(=O)[C@H](CO)NC(=O)[C@H](CS)NC(=O)CNC(=O)[C@H](Cc1ccccc1)NC(=O)[C@H](CC(=O)O)NC(=O)[C@H](CS)NC(=O)CN)C(=O)NCC(=O)N[C@@H](CCCN=C(N)N)C(=O)N[C@@H](CCCN=C(N)N)C(=O)O. The van der Waals surface area contributed by atoms with Gasteiger partial charge >= 0.3 is 11.9 Å². The second kappa shape index (κ2) is 42.3. The van der Waals surface area contributed by atoms with Crippen molar-refractivity contribution in [1.82, 2.24) is 58.5 Å². The highest BCUT2D eigenvalue weighted by Crippen LogP contribution is 2.08. The number of nitrogens with zero attached hydrogens (tertiary/aromatic N) is 2. The van der Waals surface area contributed by atoms with Crippen molar-refractivity contribution in [1.29, 1.82) is 0 Å². The van der Waals surface area contributed by atoms with Crippen molar-refractivity contribution in [3.05, 3.63) is 35.9 Å². The van der Waals surface area contributed by atoms with Gasteiger partial charge in [0.2, 0.25) is 65.0 Å². The zero-order valence-corrected chi connectivity index (χ0v) is 49.2. The standard InChI is InChI=1S/C49H81N19O17S2/c50-13-5-4-10-26(39(76)58-19-36(72)60-27(11-6-14-56-48(52)53)41(78)64-28(47(84)85)12-7-15-57-49(54)55)63-43(80)31(21-69)67-44(81)32(22-70)68-46(83)34(24-87)62-37(73)20-59-40(77)29(16-25-8-2-1-3-9-25)65-42(79)30(17-38(74)75)66-45(82)33(23-86)61-35(71)18-51/h1-3,8-9,26-34,69-70,86-87H,4-7,10-24,50-51H2,(H,58,76)(H,59,77)(H,60,72)(H,61,71)(H,62,73)(H,63,80)(H,64,78)(H,65,79)(H,66,82)(H,67,81)(H,68,83)(H,74,75)(H,84,85)(H4,52,53,56)(H4,54,55,57)/t26-,27-,28-,29-,30-,31-,32-,33-,34-/m0/s1. The van der Waals surface area contributed by atoms with Gasteiger partial charge in [-0.3, -0.25) is 67.5 Å². The summed E-state index contributed by atoms with van der Waals surface area (Å²) in [6.07, 6.45) is -0.578. The largest absolute Gasteiger partial charge is 0.481 e. The molecule has 0 spiro atoms. The van der Waals surface area contributed by atoms with Gasteiger partial charge in [-0.25, -0.2) is 4.79 Å². The zero-order valence-electron chi connectivity index (χ0n) is 47.4. The minimum absolute atomic E-state index is 0.0244. The highest BCUT2D eigenvalue weighted by atomic mass is 32.1. The summed E-state index contributed by atoms with van der Waals surface area (Å²) in [6, 6.07) is -6.01. The van der Waals surface area contributed by atoms with Crippen molar-refractivity contribution >= 4 is 114 Å². The molecule has 11 amide bonds. The Hall–Kier alpha value is -8.59. The Morgan fingerprint density at radius 1 is 0.448 bits per heavy atom. The van der Waals surface area contributed by atoms with E-state index in [4.69, 9.17) is 34.4 Å². The molecule has 0 fully saturated rings. The number of aliphatic hydroxyl groups excluding tert-OH is 2. The number of aliphatic hydroxyl groups is 2. The van der Waals surface area contributed by atoms with Crippen LogP contribution >= 0.6 is 25.3 Å². The molecule has 1 aromatic carbocycles. The molecule has 1 aromatic rings. The number of hydrogen-bond donors (Lipinski definition) is 23. The number of carbonyl (C=O) groups excluding carboxylic acids is 11. The molecule has 0 saturated heterocycles. The number of amides is 11. The Balaban J connectivity index is 3.12. The van der Waals surface area contributed by atoms with Crippen molar-refractivity contribution in [2.45, 2.75) is 112 Å². The van der Waals surface area contributed by atoms with Gasteiger partial charge in [-0.1, -0.05) is 30.3 Å². The number of aliphatic imine (C=N–C) groups is 2. The number of guanidine groups is 2. The number of aliphatic carboxylic acids is 2. The van der Waals surface area contributed by atoms with Gasteiger partial charge in [-0.15, -0.1) is 0 Å². The van der Waals surface area contributed by atoms with Gasteiger partial charge in [-0.2, -0.15) is 25.3 Å². The highest BCUT2D eigenvalue weighted by Gasteiger charge is 2.34. The molecule has 0 aliphatic rings. The predicted molar refractivity (Wildman–Crippen MR) is 317 cm³/mol. The Morgan fingerprint density at radius 2 is 0.828 bits per heavy atom. The number of carbonyl (C=O) groups is 13. The van der Waals surface area contributed by atoms with Gasteiger partial charge in [0.1, 0.15) is 54.4 Å². The molecular formula is C49H81N19O17S2. The number of hydrogen-bond acceptors (Lipinski definition) is 21. The van der Waals surface area contributed by atoms with Gasteiger partial charge in [-0.05, 0) is 57.1 Å². The van der Waals surface area contributed by atoms with Crippen LogP contribution in [0, 0.1) is 0 Å². The van der Waals surface area contributed by atoms with Crippen molar-refractivity contribution < 1.29 is 82.8 Å². The average Bonchev–Trinajstić information content (AvgIpc) is 3.69. The smallest absolute Gasteiger partial charge is 0.326 e. The summed E-state index contributed by atoms with van der Waals surface area (Å²) in [4.78, 5) is 177. The highest BCUT2D eigenvalue weighted by molar-refractivity contribution is 7.80. The fraction of sp³-hybridized carbons (Fsp3) is 0.571. The lowest BCUT2D eigenvalue weighted by molar-refractivity contribution is -0.142. The lowest BCUT2D eigenvalue weighted by Crippen LogP contribution is -2.60. The number of benzene rings is 1. The lowest BCUT2D eigenvalue weighted by Gasteiger charge is -2.25. The minimum Gasteiger partial charge on any atom is -0.481 e. The third-order valence-corrected chi connectivity index (χ3v) is 12.7. The molecule has 36 nitrogen and oxygen atoms in total. The van der Waals surface area contributed by atoms with Gasteiger partial charge in [0.25, 0.3) is 0 Å². The van der Waals surface area contributed by atoms with Crippen molar-refractivity contribution in [3.8, 4) is 0 Å². The van der Waals surface area contributed by atoms with Crippen LogP contribution in [0.15, 0.2) is 40.3 Å². The van der Waals surface area contributed by atoms with E-state index in [2.05, 4.69) is 93.7 Å². The summed E-state index contributed by atoms with van der Waals surface area (Å²) >= 11 is 8.08. The quantitative estimate of drug-likeness (QED) is 0.0125. The first-order valence-corrected chi connectivity index (χ1v) is 28.2. The normalized spacial score (nSPS) is 13.8. The third kappa shape index (κ3) is 31.4. The van der Waals surface area contributed by atoms with Crippen LogP contribution < -0.4 is 92.9 Å². The summed E-state index contributed by atoms with van der Waals surface area (Å²) in [5.74, 6) is -15.3. The van der Waals surface area contributed by atoms with Crippen LogP contribution in [0.4, 0.5) is 0 Å². The summed E-state index contributed by atoms with van der Waals surface area (Å²) in [5, 5.41) is 64.7. The van der Waals surface area contributed by atoms with Crippen LogP contribution in [0.2, 0.25) is 0 Å². The predicted octanol–water partition coefficient (Wildman–Crippen LogP) is -10.6. The Morgan fingerprint density at radius 3 is 1.28 bits per heavy atom. The maximum atomic E-state index is 13.6. The fourth-order valence-electron chi connectivity index (χ4n) is 7.47. The number of carboxylic acids is 2.